The van der Waals surface area contributed by atoms with Crippen LogP contribution in [0.4, 0.5) is 5.69 Å². The first kappa shape index (κ1) is 22.8. The van der Waals surface area contributed by atoms with Gasteiger partial charge in [-0.05, 0) is 42.0 Å². The second kappa shape index (κ2) is 10.4. The Labute approximate surface area is 175 Å². The summed E-state index contributed by atoms with van der Waals surface area (Å²) in [5.74, 6) is -0.835. The van der Waals surface area contributed by atoms with E-state index < -0.39 is 12.3 Å². The van der Waals surface area contributed by atoms with E-state index in [1.807, 2.05) is 19.9 Å². The van der Waals surface area contributed by atoms with Crippen LogP contribution in [-0.2, 0) is 14.3 Å². The van der Waals surface area contributed by atoms with Gasteiger partial charge in [-0.2, -0.15) is 10.5 Å². The molecule has 30 heavy (non-hydrogen) atoms. The minimum Gasteiger partial charge on any atom is -0.459 e. The van der Waals surface area contributed by atoms with Crippen molar-refractivity contribution >= 4 is 11.7 Å². The van der Waals surface area contributed by atoms with Gasteiger partial charge in [-0.3, -0.25) is 4.98 Å². The SMILES string of the molecule is C=CC(O)OCCOC(=O)/C(C#N)=C1/CC(C)(C)CC(Nc2ccncc2)=C1C#N. The molecule has 0 saturated carbocycles. The number of carbonyl (C=O) groups is 1. The Morgan fingerprint density at radius 3 is 2.67 bits per heavy atom. The van der Waals surface area contributed by atoms with Crippen LogP contribution in [0.15, 0.2) is 59.6 Å². The fourth-order valence-corrected chi connectivity index (χ4v) is 3.12. The first-order valence-electron chi connectivity index (χ1n) is 9.34. The highest BCUT2D eigenvalue weighted by molar-refractivity contribution is 5.95. The molecule has 0 radical (unpaired) electrons. The zero-order valence-electron chi connectivity index (χ0n) is 17.0. The summed E-state index contributed by atoms with van der Waals surface area (Å²) in [5.41, 5.74) is 1.50. The third-order valence-electron chi connectivity index (χ3n) is 4.43. The van der Waals surface area contributed by atoms with E-state index >= 15 is 0 Å². The largest absolute Gasteiger partial charge is 0.459 e. The summed E-state index contributed by atoms with van der Waals surface area (Å²) in [7, 11) is 0. The van der Waals surface area contributed by atoms with Crippen molar-refractivity contribution in [3.05, 3.63) is 59.6 Å². The lowest BCUT2D eigenvalue weighted by atomic mass is 9.73. The molecule has 0 spiro atoms. The number of ether oxygens (including phenoxy) is 2. The van der Waals surface area contributed by atoms with Crippen molar-refractivity contribution in [2.75, 3.05) is 18.5 Å². The molecule has 0 aliphatic heterocycles. The van der Waals surface area contributed by atoms with Crippen LogP contribution in [-0.4, -0.2) is 35.6 Å². The number of hydrogen-bond donors (Lipinski definition) is 2. The Hall–Kier alpha value is -3.46. The van der Waals surface area contributed by atoms with Gasteiger partial charge in [0.05, 0.1) is 12.2 Å². The standard InChI is InChI=1S/C22H24N4O4/c1-4-20(27)29-9-10-30-21(28)18(14-24)16-11-22(2,3)12-19(17(16)13-23)26-15-5-7-25-8-6-15/h4-8,20,27H,1,9-12H2,2-3H3,(H,25,26)/b18-16-. The average molecular weight is 408 g/mol. The normalized spacial score (nSPS) is 17.9. The van der Waals surface area contributed by atoms with Crippen molar-refractivity contribution in [1.82, 2.24) is 4.98 Å². The third-order valence-corrected chi connectivity index (χ3v) is 4.43. The number of nitrogens with zero attached hydrogens (tertiary/aromatic N) is 3. The molecule has 1 heterocycles. The van der Waals surface area contributed by atoms with Gasteiger partial charge in [-0.15, -0.1) is 0 Å². The molecule has 1 aromatic heterocycles. The third kappa shape index (κ3) is 6.02. The van der Waals surface area contributed by atoms with Gasteiger partial charge in [-0.1, -0.05) is 20.4 Å². The predicted molar refractivity (Wildman–Crippen MR) is 109 cm³/mol. The second-order valence-corrected chi connectivity index (χ2v) is 7.44. The topological polar surface area (TPSA) is 128 Å². The predicted octanol–water partition coefficient (Wildman–Crippen LogP) is 2.98. The van der Waals surface area contributed by atoms with Gasteiger partial charge in [-0.25, -0.2) is 4.79 Å². The quantitative estimate of drug-likeness (QED) is 0.168. The summed E-state index contributed by atoms with van der Waals surface area (Å²) >= 11 is 0. The van der Waals surface area contributed by atoms with Gasteiger partial charge >= 0.3 is 5.97 Å². The molecule has 0 fully saturated rings. The number of aliphatic hydroxyl groups is 1. The molecule has 8 heteroatoms. The lowest BCUT2D eigenvalue weighted by Gasteiger charge is -2.33. The number of nitrogens with one attached hydrogen (secondary N) is 1. The molecular weight excluding hydrogens is 384 g/mol. The first-order chi connectivity index (χ1) is 14.3. The number of hydrogen-bond acceptors (Lipinski definition) is 8. The lowest BCUT2D eigenvalue weighted by molar-refractivity contribution is -0.143. The van der Waals surface area contributed by atoms with Gasteiger partial charge < -0.3 is 19.9 Å². The van der Waals surface area contributed by atoms with E-state index in [1.54, 1.807) is 24.5 Å². The smallest absolute Gasteiger partial charge is 0.349 e. The molecule has 1 aromatic rings. The highest BCUT2D eigenvalue weighted by Gasteiger charge is 2.34. The van der Waals surface area contributed by atoms with Crippen LogP contribution in [0.2, 0.25) is 0 Å². The van der Waals surface area contributed by atoms with Crippen LogP contribution in [0.25, 0.3) is 0 Å². The number of aromatic nitrogens is 1. The van der Waals surface area contributed by atoms with Gasteiger partial charge in [0.2, 0.25) is 0 Å². The molecule has 1 atom stereocenters. The Kier molecular flexibility index (Phi) is 7.88. The first-order valence-corrected chi connectivity index (χ1v) is 9.34. The molecule has 0 bridgehead atoms. The van der Waals surface area contributed by atoms with E-state index in [0.717, 1.165) is 5.69 Å². The Bertz CT molecular complexity index is 936. The molecule has 1 aliphatic rings. The summed E-state index contributed by atoms with van der Waals surface area (Å²) < 4.78 is 10.1. The summed E-state index contributed by atoms with van der Waals surface area (Å²) in [6.45, 7) is 7.15. The maximum Gasteiger partial charge on any atom is 0.349 e. The minimum absolute atomic E-state index is 0.0613. The molecule has 1 aliphatic carbocycles. The van der Waals surface area contributed by atoms with Gasteiger partial charge in [0.15, 0.2) is 6.29 Å². The lowest BCUT2D eigenvalue weighted by Crippen LogP contribution is -2.26. The van der Waals surface area contributed by atoms with Crippen LogP contribution in [0.5, 0.6) is 0 Å². The number of aliphatic hydroxyl groups excluding tert-OH is 1. The number of rotatable bonds is 8. The van der Waals surface area contributed by atoms with Gasteiger partial charge in [0.25, 0.3) is 0 Å². The Morgan fingerprint density at radius 1 is 1.37 bits per heavy atom. The highest BCUT2D eigenvalue weighted by Crippen LogP contribution is 2.43. The summed E-state index contributed by atoms with van der Waals surface area (Å²) in [5, 5.41) is 31.9. The van der Waals surface area contributed by atoms with E-state index in [1.165, 1.54) is 6.08 Å². The van der Waals surface area contributed by atoms with Crippen molar-refractivity contribution in [2.45, 2.75) is 33.0 Å². The molecule has 1 unspecified atom stereocenters. The van der Waals surface area contributed by atoms with E-state index in [9.17, 15) is 20.4 Å². The van der Waals surface area contributed by atoms with Crippen molar-refractivity contribution in [1.29, 1.82) is 10.5 Å². The summed E-state index contributed by atoms with van der Waals surface area (Å²) in [6.07, 6.45) is 4.23. The number of carbonyl (C=O) groups excluding carboxylic acids is 1. The van der Waals surface area contributed by atoms with Crippen molar-refractivity contribution in [2.24, 2.45) is 5.41 Å². The molecular formula is C22H24N4O4. The molecule has 0 aromatic carbocycles. The zero-order chi connectivity index (χ0) is 22.1. The summed E-state index contributed by atoms with van der Waals surface area (Å²) in [6, 6.07) is 7.57. The monoisotopic (exact) mass is 408 g/mol. The van der Waals surface area contributed by atoms with E-state index in [2.05, 4.69) is 22.9 Å². The van der Waals surface area contributed by atoms with Crippen LogP contribution >= 0.6 is 0 Å². The highest BCUT2D eigenvalue weighted by atomic mass is 16.6. The molecule has 2 N–H and O–H groups in total. The molecule has 0 saturated heterocycles. The van der Waals surface area contributed by atoms with Crippen LogP contribution < -0.4 is 5.32 Å². The summed E-state index contributed by atoms with van der Waals surface area (Å²) in [4.78, 5) is 16.5. The van der Waals surface area contributed by atoms with E-state index in [0.29, 0.717) is 24.1 Å². The van der Waals surface area contributed by atoms with Gasteiger partial charge in [0.1, 0.15) is 24.3 Å². The van der Waals surface area contributed by atoms with E-state index in [4.69, 9.17) is 9.47 Å². The van der Waals surface area contributed by atoms with Crippen LogP contribution in [0.1, 0.15) is 26.7 Å². The maximum absolute atomic E-state index is 12.5. The molecule has 2 rings (SSSR count). The Morgan fingerprint density at radius 2 is 2.07 bits per heavy atom. The molecule has 8 nitrogen and oxygen atoms in total. The minimum atomic E-state index is -1.16. The second-order valence-electron chi connectivity index (χ2n) is 7.44. The van der Waals surface area contributed by atoms with Crippen molar-refractivity contribution < 1.29 is 19.4 Å². The van der Waals surface area contributed by atoms with Crippen molar-refractivity contribution in [3.63, 3.8) is 0 Å². The zero-order valence-corrected chi connectivity index (χ0v) is 17.0. The number of esters is 1. The Balaban J connectivity index is 2.33. The average Bonchev–Trinajstić information content (AvgIpc) is 2.71. The number of pyridine rings is 1. The fraction of sp³-hybridized carbons (Fsp3) is 0.364. The van der Waals surface area contributed by atoms with Crippen molar-refractivity contribution in [3.8, 4) is 12.1 Å². The molecule has 0 amide bonds. The number of allylic oxidation sites excluding steroid dienone is 3. The van der Waals surface area contributed by atoms with E-state index in [-0.39, 0.29) is 29.8 Å². The fourth-order valence-electron chi connectivity index (χ4n) is 3.12. The van der Waals surface area contributed by atoms with Crippen LogP contribution in [0, 0.1) is 28.1 Å². The maximum atomic E-state index is 12.5. The van der Waals surface area contributed by atoms with Crippen LogP contribution in [0.3, 0.4) is 0 Å². The number of anilines is 1. The number of nitriles is 2. The van der Waals surface area contributed by atoms with Gasteiger partial charge in [0, 0.05) is 23.8 Å². The molecule has 156 valence electrons.